The molecule has 1 aromatic carbocycles. The van der Waals surface area contributed by atoms with E-state index in [-0.39, 0.29) is 0 Å². The Labute approximate surface area is 167 Å². The topological polar surface area (TPSA) is 65.4 Å². The number of hydrogen-bond donors (Lipinski definition) is 2. The van der Waals surface area contributed by atoms with Crippen LogP contribution in [0.2, 0.25) is 0 Å². The van der Waals surface area contributed by atoms with Gasteiger partial charge in [-0.05, 0) is 63.5 Å². The van der Waals surface area contributed by atoms with E-state index in [1.807, 2.05) is 11.9 Å². The van der Waals surface area contributed by atoms with Crippen molar-refractivity contribution in [2.45, 2.75) is 25.2 Å². The number of carbonyl (C=O) groups is 1. The van der Waals surface area contributed by atoms with Crippen molar-refractivity contribution in [1.82, 2.24) is 14.2 Å². The number of carbonyl (C=O) groups excluding carboxylic acids is 1. The number of aromatic amines is 1. The average Bonchev–Trinajstić information content (AvgIpc) is 3.02. The van der Waals surface area contributed by atoms with E-state index in [9.17, 15) is 4.79 Å². The quantitative estimate of drug-likeness (QED) is 0.509. The molecule has 5 nitrogen and oxygen atoms in total. The summed E-state index contributed by atoms with van der Waals surface area (Å²) in [5.41, 5.74) is 8.25. The highest BCUT2D eigenvalue weighted by Crippen LogP contribution is 2.36. The number of amides is 1. The zero-order valence-corrected chi connectivity index (χ0v) is 17.8. The zero-order chi connectivity index (χ0) is 18.7. The summed E-state index contributed by atoms with van der Waals surface area (Å²) in [6.07, 6.45) is 5.58. The van der Waals surface area contributed by atoms with Crippen molar-refractivity contribution in [3.05, 3.63) is 33.9 Å². The number of nitrogens with one attached hydrogen (secondary N) is 1. The first-order chi connectivity index (χ1) is 12.5. The Kier molecular flexibility index (Phi) is 6.66. The molecule has 1 saturated heterocycles. The Morgan fingerprint density at radius 2 is 2.12 bits per heavy atom. The summed E-state index contributed by atoms with van der Waals surface area (Å²) in [4.78, 5) is 17.3. The summed E-state index contributed by atoms with van der Waals surface area (Å²) in [6, 6.07) is 3.88. The SMILES string of the molecule is CN(C)CCCSN1CCC(c2c[nH]c3c(C(N)=O)cc(Br)cc23)CC1. The van der Waals surface area contributed by atoms with Crippen LogP contribution < -0.4 is 5.73 Å². The van der Waals surface area contributed by atoms with Gasteiger partial charge in [0, 0.05) is 34.9 Å². The maximum Gasteiger partial charge on any atom is 0.250 e. The second-order valence-electron chi connectivity index (χ2n) is 7.18. The van der Waals surface area contributed by atoms with E-state index in [1.165, 1.54) is 17.7 Å². The van der Waals surface area contributed by atoms with Crippen molar-refractivity contribution in [2.24, 2.45) is 5.73 Å². The molecule has 0 spiro atoms. The largest absolute Gasteiger partial charge is 0.366 e. The van der Waals surface area contributed by atoms with Gasteiger partial charge in [0.15, 0.2) is 0 Å². The number of fused-ring (bicyclic) bond motifs is 1. The standard InChI is InChI=1S/C19H27BrN4OS/c1-23(2)6-3-9-26-24-7-4-13(5-8-24)17-12-22-18-15(17)10-14(20)11-16(18)19(21)25/h10-13,22H,3-9H2,1-2H3,(H2,21,25). The predicted molar refractivity (Wildman–Crippen MR) is 114 cm³/mol. The van der Waals surface area contributed by atoms with E-state index in [0.717, 1.165) is 47.9 Å². The third-order valence-corrected chi connectivity index (χ3v) is 6.63. The number of piperidine rings is 1. The fourth-order valence-corrected chi connectivity index (χ4v) is 5.06. The van der Waals surface area contributed by atoms with Crippen molar-refractivity contribution in [3.8, 4) is 0 Å². The molecule has 26 heavy (non-hydrogen) atoms. The molecule has 0 aliphatic carbocycles. The number of hydrogen-bond acceptors (Lipinski definition) is 4. The molecule has 1 amide bonds. The summed E-state index contributed by atoms with van der Waals surface area (Å²) in [5, 5.41) is 1.12. The number of nitrogens with zero attached hydrogens (tertiary/aromatic N) is 2. The van der Waals surface area contributed by atoms with E-state index >= 15 is 0 Å². The fourth-order valence-electron chi connectivity index (χ4n) is 3.62. The molecule has 1 aliphatic heterocycles. The van der Waals surface area contributed by atoms with E-state index in [4.69, 9.17) is 5.73 Å². The third kappa shape index (κ3) is 4.63. The maximum atomic E-state index is 11.7. The first-order valence-corrected chi connectivity index (χ1v) is 10.8. The smallest absolute Gasteiger partial charge is 0.250 e. The lowest BCUT2D eigenvalue weighted by molar-refractivity contribution is 0.100. The molecular weight excluding hydrogens is 412 g/mol. The number of nitrogens with two attached hydrogens (primary N) is 1. The summed E-state index contributed by atoms with van der Waals surface area (Å²) in [5.74, 6) is 1.32. The van der Waals surface area contributed by atoms with Crippen LogP contribution in [0.1, 0.15) is 41.1 Å². The van der Waals surface area contributed by atoms with Gasteiger partial charge in [0.25, 0.3) is 5.91 Å². The molecule has 3 rings (SSSR count). The molecule has 2 aromatic rings. The van der Waals surface area contributed by atoms with Crippen LogP contribution in [0, 0.1) is 0 Å². The molecule has 0 bridgehead atoms. The Bertz CT molecular complexity index is 768. The summed E-state index contributed by atoms with van der Waals surface area (Å²) in [7, 11) is 4.25. The number of H-pyrrole nitrogens is 1. The minimum Gasteiger partial charge on any atom is -0.366 e. The molecule has 0 atom stereocenters. The molecular formula is C19H27BrN4OS. The first-order valence-electron chi connectivity index (χ1n) is 9.08. The molecule has 1 aliphatic rings. The molecule has 0 radical (unpaired) electrons. The predicted octanol–water partition coefficient (Wildman–Crippen LogP) is 3.81. The van der Waals surface area contributed by atoms with Gasteiger partial charge in [-0.15, -0.1) is 0 Å². The number of primary amides is 1. The summed E-state index contributed by atoms with van der Waals surface area (Å²) >= 11 is 5.49. The third-order valence-electron chi connectivity index (χ3n) is 4.97. The van der Waals surface area contributed by atoms with Crippen LogP contribution in [0.4, 0.5) is 0 Å². The Hall–Kier alpha value is -1.02. The maximum absolute atomic E-state index is 11.7. The second kappa shape index (κ2) is 8.78. The van der Waals surface area contributed by atoms with Gasteiger partial charge in [-0.1, -0.05) is 27.9 Å². The van der Waals surface area contributed by atoms with Crippen molar-refractivity contribution in [3.63, 3.8) is 0 Å². The summed E-state index contributed by atoms with van der Waals surface area (Å²) < 4.78 is 3.40. The van der Waals surface area contributed by atoms with Gasteiger partial charge in [-0.3, -0.25) is 9.10 Å². The molecule has 3 N–H and O–H groups in total. The Balaban J connectivity index is 1.64. The van der Waals surface area contributed by atoms with E-state index < -0.39 is 5.91 Å². The molecule has 0 saturated carbocycles. The Morgan fingerprint density at radius 1 is 1.38 bits per heavy atom. The van der Waals surface area contributed by atoms with Crippen LogP contribution in [0.25, 0.3) is 10.9 Å². The van der Waals surface area contributed by atoms with Crippen LogP contribution in [0.3, 0.4) is 0 Å². The second-order valence-corrected chi connectivity index (χ2v) is 9.28. The van der Waals surface area contributed by atoms with Crippen molar-refractivity contribution in [2.75, 3.05) is 39.5 Å². The van der Waals surface area contributed by atoms with Crippen LogP contribution in [0.15, 0.2) is 22.8 Å². The zero-order valence-electron chi connectivity index (χ0n) is 15.4. The first kappa shape index (κ1) is 19.7. The van der Waals surface area contributed by atoms with Gasteiger partial charge < -0.3 is 15.6 Å². The van der Waals surface area contributed by atoms with Crippen molar-refractivity contribution >= 4 is 44.7 Å². The number of benzene rings is 1. The molecule has 7 heteroatoms. The van der Waals surface area contributed by atoms with Crippen molar-refractivity contribution < 1.29 is 4.79 Å². The molecule has 2 heterocycles. The monoisotopic (exact) mass is 438 g/mol. The normalized spacial score (nSPS) is 16.6. The van der Waals surface area contributed by atoms with E-state index in [0.29, 0.717) is 11.5 Å². The van der Waals surface area contributed by atoms with Crippen LogP contribution in [0.5, 0.6) is 0 Å². The number of halogens is 1. The lowest BCUT2D eigenvalue weighted by Gasteiger charge is -2.31. The molecule has 0 unspecified atom stereocenters. The highest BCUT2D eigenvalue weighted by atomic mass is 79.9. The van der Waals surface area contributed by atoms with Gasteiger partial charge in [-0.25, -0.2) is 0 Å². The summed E-state index contributed by atoms with van der Waals surface area (Å²) in [6.45, 7) is 3.37. The fraction of sp³-hybridized carbons (Fsp3) is 0.526. The van der Waals surface area contributed by atoms with Gasteiger partial charge in [0.1, 0.15) is 0 Å². The van der Waals surface area contributed by atoms with Crippen LogP contribution in [-0.2, 0) is 0 Å². The lowest BCUT2D eigenvalue weighted by Crippen LogP contribution is -2.28. The van der Waals surface area contributed by atoms with Gasteiger partial charge in [0.05, 0.1) is 11.1 Å². The van der Waals surface area contributed by atoms with E-state index in [2.05, 4.69) is 56.5 Å². The molecule has 1 aromatic heterocycles. The lowest BCUT2D eigenvalue weighted by atomic mass is 9.89. The van der Waals surface area contributed by atoms with Gasteiger partial charge in [0.2, 0.25) is 0 Å². The molecule has 1 fully saturated rings. The van der Waals surface area contributed by atoms with Crippen molar-refractivity contribution in [1.29, 1.82) is 0 Å². The minimum absolute atomic E-state index is 0.395. The van der Waals surface area contributed by atoms with Gasteiger partial charge in [-0.2, -0.15) is 0 Å². The minimum atomic E-state index is -0.395. The van der Waals surface area contributed by atoms with Gasteiger partial charge >= 0.3 is 0 Å². The highest BCUT2D eigenvalue weighted by molar-refractivity contribution is 9.10. The van der Waals surface area contributed by atoms with Crippen LogP contribution >= 0.6 is 27.9 Å². The van der Waals surface area contributed by atoms with Crippen LogP contribution in [-0.4, -0.2) is 59.6 Å². The average molecular weight is 439 g/mol. The Morgan fingerprint density at radius 3 is 2.77 bits per heavy atom. The molecule has 142 valence electrons. The highest BCUT2D eigenvalue weighted by Gasteiger charge is 2.24. The van der Waals surface area contributed by atoms with E-state index in [1.54, 1.807) is 6.07 Å². The number of rotatable bonds is 7. The number of aromatic nitrogens is 1.